The summed E-state index contributed by atoms with van der Waals surface area (Å²) in [6, 6.07) is 33.9. The normalized spacial score (nSPS) is 11.5. The third-order valence-corrected chi connectivity index (χ3v) is 4.46. The Morgan fingerprint density at radius 3 is 1.73 bits per heavy atom. The molecule has 0 fully saturated rings. The van der Waals surface area contributed by atoms with E-state index >= 15 is 0 Å². The smallest absolute Gasteiger partial charge is 0.0111 e. The minimum Gasteiger partial charge on any atom is -0.0622 e. The van der Waals surface area contributed by atoms with Crippen LogP contribution in [0.4, 0.5) is 0 Å². The fourth-order valence-electron chi connectivity index (χ4n) is 3.08. The molecular formula is C26H20. The van der Waals surface area contributed by atoms with E-state index in [-0.39, 0.29) is 0 Å². The molecule has 0 spiro atoms. The third-order valence-electron chi connectivity index (χ3n) is 4.46. The van der Waals surface area contributed by atoms with Crippen molar-refractivity contribution in [3.8, 4) is 0 Å². The van der Waals surface area contributed by atoms with Gasteiger partial charge in [0.25, 0.3) is 0 Å². The molecule has 124 valence electrons. The Balaban J connectivity index is 1.63. The zero-order valence-corrected chi connectivity index (χ0v) is 14.5. The number of hydrogen-bond acceptors (Lipinski definition) is 0. The lowest BCUT2D eigenvalue weighted by Gasteiger charge is -2.04. The fraction of sp³-hybridized carbons (Fsp3) is 0. The van der Waals surface area contributed by atoms with Gasteiger partial charge in [0.05, 0.1) is 0 Å². The number of rotatable bonds is 4. The van der Waals surface area contributed by atoms with Crippen molar-refractivity contribution in [2.75, 3.05) is 0 Å². The summed E-state index contributed by atoms with van der Waals surface area (Å²) in [5, 5.41) is 2.53. The van der Waals surface area contributed by atoms with Gasteiger partial charge in [-0.2, -0.15) is 0 Å². The maximum atomic E-state index is 2.24. The van der Waals surface area contributed by atoms with E-state index in [1.807, 2.05) is 12.1 Å². The van der Waals surface area contributed by atoms with Crippen molar-refractivity contribution in [1.29, 1.82) is 0 Å². The molecule has 0 aliphatic carbocycles. The molecular weight excluding hydrogens is 312 g/mol. The van der Waals surface area contributed by atoms with Gasteiger partial charge >= 0.3 is 0 Å². The molecule has 4 aromatic carbocycles. The van der Waals surface area contributed by atoms with Crippen LogP contribution in [0.1, 0.15) is 22.3 Å². The molecule has 0 heterocycles. The quantitative estimate of drug-likeness (QED) is 0.347. The molecule has 0 amide bonds. The zero-order chi connectivity index (χ0) is 17.6. The van der Waals surface area contributed by atoms with Crippen LogP contribution in [0, 0.1) is 0 Å². The molecule has 0 aromatic heterocycles. The van der Waals surface area contributed by atoms with E-state index in [1.165, 1.54) is 33.0 Å². The third kappa shape index (κ3) is 3.81. The molecule has 0 saturated heterocycles. The Morgan fingerprint density at radius 2 is 1.04 bits per heavy atom. The topological polar surface area (TPSA) is 0 Å². The van der Waals surface area contributed by atoms with Crippen LogP contribution in [0.5, 0.6) is 0 Å². The zero-order valence-electron chi connectivity index (χ0n) is 14.5. The van der Waals surface area contributed by atoms with Crippen molar-refractivity contribution in [1.82, 2.24) is 0 Å². The van der Waals surface area contributed by atoms with Gasteiger partial charge in [-0.15, -0.1) is 0 Å². The van der Waals surface area contributed by atoms with Crippen LogP contribution in [0.15, 0.2) is 97.1 Å². The van der Waals surface area contributed by atoms with Gasteiger partial charge in [0, 0.05) is 0 Å². The van der Waals surface area contributed by atoms with Crippen LogP contribution >= 0.6 is 0 Å². The average molecular weight is 332 g/mol. The van der Waals surface area contributed by atoms with Gasteiger partial charge in [0.1, 0.15) is 0 Å². The van der Waals surface area contributed by atoms with Gasteiger partial charge < -0.3 is 0 Å². The molecule has 0 heteroatoms. The van der Waals surface area contributed by atoms with Gasteiger partial charge in [-0.1, -0.05) is 115 Å². The Hall–Kier alpha value is -3.38. The van der Waals surface area contributed by atoms with E-state index in [0.717, 1.165) is 0 Å². The maximum absolute atomic E-state index is 2.24. The largest absolute Gasteiger partial charge is 0.0622 e. The van der Waals surface area contributed by atoms with E-state index in [1.54, 1.807) is 0 Å². The number of benzene rings is 4. The van der Waals surface area contributed by atoms with E-state index in [0.29, 0.717) is 0 Å². The summed E-state index contributed by atoms with van der Waals surface area (Å²) < 4.78 is 0. The first kappa shape index (κ1) is 16.1. The van der Waals surface area contributed by atoms with Crippen LogP contribution in [0.2, 0.25) is 0 Å². The van der Waals surface area contributed by atoms with Crippen LogP contribution in [-0.2, 0) is 0 Å². The number of fused-ring (bicyclic) bond motifs is 1. The summed E-state index contributed by atoms with van der Waals surface area (Å²) in [7, 11) is 0. The highest BCUT2D eigenvalue weighted by molar-refractivity contribution is 5.94. The molecule has 4 rings (SSSR count). The summed E-state index contributed by atoms with van der Waals surface area (Å²) in [4.78, 5) is 0. The molecule has 0 bridgehead atoms. The predicted molar refractivity (Wildman–Crippen MR) is 115 cm³/mol. The van der Waals surface area contributed by atoms with Crippen molar-refractivity contribution in [2.45, 2.75) is 0 Å². The lowest BCUT2D eigenvalue weighted by molar-refractivity contribution is 1.65. The Kier molecular flexibility index (Phi) is 4.75. The molecule has 0 unspecified atom stereocenters. The van der Waals surface area contributed by atoms with Crippen molar-refractivity contribution < 1.29 is 0 Å². The number of hydrogen-bond donors (Lipinski definition) is 0. The van der Waals surface area contributed by atoms with Crippen molar-refractivity contribution in [2.24, 2.45) is 0 Å². The lowest BCUT2D eigenvalue weighted by atomic mass is 10.0. The van der Waals surface area contributed by atoms with Gasteiger partial charge in [-0.3, -0.25) is 0 Å². The van der Waals surface area contributed by atoms with Gasteiger partial charge in [0.2, 0.25) is 0 Å². The average Bonchev–Trinajstić information content (AvgIpc) is 2.72. The Morgan fingerprint density at radius 1 is 0.423 bits per heavy atom. The summed E-state index contributed by atoms with van der Waals surface area (Å²) in [5.74, 6) is 0. The standard InChI is InChI=1S/C26H20/c1-3-8-21(9-4-1)14-15-23-17-19-26-24(12-7-13-25(26)20-23)18-16-22-10-5-2-6-11-22/h1-20H/b15-14+,18-16+. The SMILES string of the molecule is C(=C\c1ccc2c(/C=C/c3ccccc3)cccc2c1)/c1ccccc1. The highest BCUT2D eigenvalue weighted by Gasteiger charge is 1.99. The fourth-order valence-corrected chi connectivity index (χ4v) is 3.08. The summed E-state index contributed by atoms with van der Waals surface area (Å²) in [5.41, 5.74) is 4.88. The van der Waals surface area contributed by atoms with Crippen LogP contribution < -0.4 is 0 Å². The van der Waals surface area contributed by atoms with Crippen LogP contribution in [0.3, 0.4) is 0 Å². The molecule has 4 aromatic rings. The Bertz CT molecular complexity index is 1050. The summed E-state index contributed by atoms with van der Waals surface area (Å²) in [6.45, 7) is 0. The first-order valence-corrected chi connectivity index (χ1v) is 8.87. The molecule has 0 atom stereocenters. The monoisotopic (exact) mass is 332 g/mol. The minimum absolute atomic E-state index is 1.21. The summed E-state index contributed by atoms with van der Waals surface area (Å²) in [6.07, 6.45) is 8.68. The van der Waals surface area contributed by atoms with Crippen LogP contribution in [0.25, 0.3) is 35.1 Å². The van der Waals surface area contributed by atoms with Gasteiger partial charge in [-0.25, -0.2) is 0 Å². The highest BCUT2D eigenvalue weighted by atomic mass is 14.0. The van der Waals surface area contributed by atoms with Crippen molar-refractivity contribution in [3.05, 3.63) is 119 Å². The highest BCUT2D eigenvalue weighted by Crippen LogP contribution is 2.23. The first-order valence-electron chi connectivity index (χ1n) is 8.87. The van der Waals surface area contributed by atoms with E-state index in [4.69, 9.17) is 0 Å². The lowest BCUT2D eigenvalue weighted by Crippen LogP contribution is -1.80. The van der Waals surface area contributed by atoms with Gasteiger partial charge in [0.15, 0.2) is 0 Å². The Labute approximate surface area is 154 Å². The maximum Gasteiger partial charge on any atom is -0.0111 e. The molecule has 0 saturated carbocycles. The second-order valence-corrected chi connectivity index (χ2v) is 6.32. The van der Waals surface area contributed by atoms with Crippen molar-refractivity contribution in [3.63, 3.8) is 0 Å². The second kappa shape index (κ2) is 7.67. The molecule has 0 aliphatic rings. The predicted octanol–water partition coefficient (Wildman–Crippen LogP) is 7.18. The molecule has 0 N–H and O–H groups in total. The van der Waals surface area contributed by atoms with Gasteiger partial charge in [-0.05, 0) is 39.1 Å². The first-order chi connectivity index (χ1) is 12.9. The minimum atomic E-state index is 1.21. The van der Waals surface area contributed by atoms with E-state index in [9.17, 15) is 0 Å². The summed E-state index contributed by atoms with van der Waals surface area (Å²) >= 11 is 0. The van der Waals surface area contributed by atoms with E-state index in [2.05, 4.69) is 109 Å². The molecule has 26 heavy (non-hydrogen) atoms. The molecule has 0 aliphatic heterocycles. The van der Waals surface area contributed by atoms with Crippen molar-refractivity contribution >= 4 is 35.1 Å². The van der Waals surface area contributed by atoms with E-state index < -0.39 is 0 Å². The molecule has 0 nitrogen and oxygen atoms in total. The second-order valence-electron chi connectivity index (χ2n) is 6.32. The molecule has 0 radical (unpaired) electrons. The van der Waals surface area contributed by atoms with Crippen LogP contribution in [-0.4, -0.2) is 0 Å².